The number of hydrogen-bond acceptors (Lipinski definition) is 8. The number of aliphatic carboxylic acids is 1. The Hall–Kier alpha value is -4.05. The minimum atomic E-state index is -1.63. The second-order valence-corrected chi connectivity index (χ2v) is 20.9. The first kappa shape index (κ1) is 71.0. The summed E-state index contributed by atoms with van der Waals surface area (Å²) in [7, 11) is 5.91. The van der Waals surface area contributed by atoms with Crippen LogP contribution in [0.3, 0.4) is 0 Å². The van der Waals surface area contributed by atoms with Crippen molar-refractivity contribution in [3.8, 4) is 0 Å². The zero-order chi connectivity index (χ0) is 54.8. The second kappa shape index (κ2) is 56.2. The van der Waals surface area contributed by atoms with Crippen LogP contribution in [0.25, 0.3) is 0 Å². The van der Waals surface area contributed by atoms with Crippen molar-refractivity contribution in [1.29, 1.82) is 0 Å². The number of carbonyl (C=O) groups excluding carboxylic acids is 3. The molecule has 0 aromatic heterocycles. The lowest BCUT2D eigenvalue weighted by Gasteiger charge is -2.26. The van der Waals surface area contributed by atoms with Gasteiger partial charge < -0.3 is 33.3 Å². The van der Waals surface area contributed by atoms with Gasteiger partial charge in [-0.3, -0.25) is 9.59 Å². The van der Waals surface area contributed by atoms with E-state index in [0.29, 0.717) is 17.4 Å². The largest absolute Gasteiger partial charge is 0.545 e. The number of hydrogen-bond donors (Lipinski definition) is 0. The number of carboxylic acid groups (broad SMARTS) is 1. The minimum absolute atomic E-state index is 0.139. The molecule has 0 rings (SSSR count). The van der Waals surface area contributed by atoms with Crippen LogP contribution in [0.15, 0.2) is 109 Å². The maximum Gasteiger partial charge on any atom is 0.306 e. The van der Waals surface area contributed by atoms with Gasteiger partial charge in [-0.1, -0.05) is 245 Å². The van der Waals surface area contributed by atoms with Crippen LogP contribution in [0.1, 0.15) is 232 Å². The van der Waals surface area contributed by atoms with E-state index in [1.807, 2.05) is 21.1 Å². The van der Waals surface area contributed by atoms with Gasteiger partial charge in [-0.25, -0.2) is 0 Å². The van der Waals surface area contributed by atoms with E-state index < -0.39 is 24.3 Å². The molecule has 0 aliphatic carbocycles. The summed E-state index contributed by atoms with van der Waals surface area (Å²) in [6.07, 6.45) is 74.2. The van der Waals surface area contributed by atoms with Crippen molar-refractivity contribution in [2.75, 3.05) is 47.5 Å². The van der Waals surface area contributed by atoms with Crippen molar-refractivity contribution >= 4 is 17.9 Å². The van der Waals surface area contributed by atoms with Gasteiger partial charge in [-0.2, -0.15) is 0 Å². The molecule has 9 heteroatoms. The summed E-state index contributed by atoms with van der Waals surface area (Å²) in [5, 5.41) is 11.8. The maximum atomic E-state index is 12.9. The van der Waals surface area contributed by atoms with Gasteiger partial charge in [0.25, 0.3) is 0 Å². The number of nitrogens with zero attached hydrogens (tertiary/aromatic N) is 1. The van der Waals surface area contributed by atoms with E-state index in [4.69, 9.17) is 18.9 Å². The summed E-state index contributed by atoms with van der Waals surface area (Å²) in [6.45, 7) is 4.61. The Bertz CT molecular complexity index is 1590. The first-order valence-corrected chi connectivity index (χ1v) is 30.0. The van der Waals surface area contributed by atoms with Gasteiger partial charge >= 0.3 is 11.9 Å². The molecule has 0 fully saturated rings. The van der Waals surface area contributed by atoms with E-state index >= 15 is 0 Å². The van der Waals surface area contributed by atoms with E-state index in [0.717, 1.165) is 109 Å². The van der Waals surface area contributed by atoms with Gasteiger partial charge in [-0.15, -0.1) is 0 Å². The Morgan fingerprint density at radius 1 is 0.413 bits per heavy atom. The Kier molecular flexibility index (Phi) is 53.1. The highest BCUT2D eigenvalue weighted by molar-refractivity contribution is 5.70. The molecule has 75 heavy (non-hydrogen) atoms. The summed E-state index contributed by atoms with van der Waals surface area (Å²) in [5.41, 5.74) is 0. The van der Waals surface area contributed by atoms with Gasteiger partial charge in [0, 0.05) is 12.8 Å². The van der Waals surface area contributed by atoms with E-state index in [1.165, 1.54) is 89.9 Å². The molecular formula is C66H111NO8. The maximum absolute atomic E-state index is 12.9. The fourth-order valence-electron chi connectivity index (χ4n) is 7.94. The first-order valence-electron chi connectivity index (χ1n) is 30.0. The smallest absolute Gasteiger partial charge is 0.306 e. The van der Waals surface area contributed by atoms with Crippen LogP contribution in [0.4, 0.5) is 0 Å². The quantitative estimate of drug-likeness (QED) is 0.0195. The number of carboxylic acids is 1. The third-order valence-electron chi connectivity index (χ3n) is 12.5. The van der Waals surface area contributed by atoms with Crippen LogP contribution >= 0.6 is 0 Å². The van der Waals surface area contributed by atoms with Crippen molar-refractivity contribution in [1.82, 2.24) is 0 Å². The van der Waals surface area contributed by atoms with Gasteiger partial charge in [0.15, 0.2) is 12.4 Å². The van der Waals surface area contributed by atoms with Crippen LogP contribution in [-0.4, -0.2) is 82.3 Å². The summed E-state index contributed by atoms with van der Waals surface area (Å²) >= 11 is 0. The lowest BCUT2D eigenvalue weighted by molar-refractivity contribution is -0.870. The SMILES string of the molecule is CC/C=C\C/C=C\C/C=C\C/C=C\C/C=C\C/C=C\C/C=C\C/C=C\C/C=C\CCCCCCCC(=O)OC(COC(=O)CCCCCCCCCCCCCCCCCCC)COC(OCC[N+](C)(C)C)C(=O)[O-]. The van der Waals surface area contributed by atoms with Crippen molar-refractivity contribution in [3.63, 3.8) is 0 Å². The molecule has 0 saturated carbocycles. The number of likely N-dealkylation sites (N-methyl/N-ethyl adjacent to an activating group) is 1. The van der Waals surface area contributed by atoms with E-state index in [2.05, 4.69) is 123 Å². The number of allylic oxidation sites excluding steroid dienone is 18. The summed E-state index contributed by atoms with van der Waals surface area (Å²) in [6, 6.07) is 0. The summed E-state index contributed by atoms with van der Waals surface area (Å²) in [5.74, 6) is -2.31. The predicted molar refractivity (Wildman–Crippen MR) is 315 cm³/mol. The van der Waals surface area contributed by atoms with Crippen LogP contribution in [0.2, 0.25) is 0 Å². The Morgan fingerprint density at radius 2 is 0.760 bits per heavy atom. The topological polar surface area (TPSA) is 111 Å². The number of esters is 2. The van der Waals surface area contributed by atoms with E-state index in [9.17, 15) is 19.5 Å². The molecule has 2 atom stereocenters. The van der Waals surface area contributed by atoms with Gasteiger partial charge in [0.2, 0.25) is 0 Å². The summed E-state index contributed by atoms with van der Waals surface area (Å²) < 4.78 is 22.7. The van der Waals surface area contributed by atoms with Crippen molar-refractivity contribution in [2.45, 2.75) is 245 Å². The van der Waals surface area contributed by atoms with Crippen molar-refractivity contribution in [2.24, 2.45) is 0 Å². The van der Waals surface area contributed by atoms with Crippen LogP contribution < -0.4 is 5.11 Å². The molecule has 0 aliphatic rings. The fraction of sp³-hybridized carbons (Fsp3) is 0.682. The Morgan fingerprint density at radius 3 is 1.13 bits per heavy atom. The molecule has 0 saturated heterocycles. The Balaban J connectivity index is 4.29. The molecule has 0 spiro atoms. The molecule has 2 unspecified atom stereocenters. The normalized spacial score (nSPS) is 13.6. The van der Waals surface area contributed by atoms with Crippen LogP contribution in [-0.2, 0) is 33.3 Å². The average molecular weight is 1050 g/mol. The zero-order valence-corrected chi connectivity index (χ0v) is 48.6. The van der Waals surface area contributed by atoms with Crippen LogP contribution in [0.5, 0.6) is 0 Å². The monoisotopic (exact) mass is 1050 g/mol. The highest BCUT2D eigenvalue weighted by Crippen LogP contribution is 2.16. The lowest BCUT2D eigenvalue weighted by Crippen LogP contribution is -2.44. The van der Waals surface area contributed by atoms with E-state index in [-0.39, 0.29) is 38.6 Å². The molecular weight excluding hydrogens is 935 g/mol. The molecule has 0 bridgehead atoms. The predicted octanol–water partition coefficient (Wildman–Crippen LogP) is 16.6. The summed E-state index contributed by atoms with van der Waals surface area (Å²) in [4.78, 5) is 37.3. The van der Waals surface area contributed by atoms with E-state index in [1.54, 1.807) is 0 Å². The molecule has 0 radical (unpaired) electrons. The third-order valence-corrected chi connectivity index (χ3v) is 12.5. The highest BCUT2D eigenvalue weighted by Gasteiger charge is 2.22. The average Bonchev–Trinajstić information content (AvgIpc) is 3.38. The molecule has 0 aliphatic heterocycles. The Labute approximate surface area is 460 Å². The van der Waals surface area contributed by atoms with Gasteiger partial charge in [0.05, 0.1) is 40.3 Å². The number of ether oxygens (including phenoxy) is 4. The number of rotatable bonds is 54. The standard InChI is InChI=1S/C66H111NO8/c1-6-8-10-12-14-16-18-20-22-24-25-26-27-28-29-30-31-32-33-34-35-36-37-38-39-41-43-45-47-49-51-53-55-57-64(69)75-62(61-74-66(65(70)71)72-59-58-67(3,4)5)60-73-63(68)56-54-52-50-48-46-44-42-40-23-21-19-17-15-13-11-9-7-2/h8,10,14,16,20,22,25-26,28-29,31-32,34-35,37-38,41,43,62,66H,6-7,9,11-13,15,17-19,21,23-24,27,30,33,36,39-40,42,44-61H2,1-5H3/b10-8-,16-14-,22-20-,26-25-,29-28-,32-31-,35-34-,38-37-,43-41-. The molecule has 0 aromatic rings. The minimum Gasteiger partial charge on any atom is -0.545 e. The molecule has 0 amide bonds. The fourth-order valence-corrected chi connectivity index (χ4v) is 7.94. The highest BCUT2D eigenvalue weighted by atomic mass is 16.7. The molecule has 0 heterocycles. The van der Waals surface area contributed by atoms with Gasteiger partial charge in [-0.05, 0) is 83.5 Å². The van der Waals surface area contributed by atoms with Crippen LogP contribution in [0, 0.1) is 0 Å². The van der Waals surface area contributed by atoms with Gasteiger partial charge in [0.1, 0.15) is 13.2 Å². The molecule has 0 N–H and O–H groups in total. The first-order chi connectivity index (χ1) is 36.6. The zero-order valence-electron chi connectivity index (χ0n) is 48.6. The number of quaternary nitrogens is 1. The lowest BCUT2D eigenvalue weighted by atomic mass is 10.0. The van der Waals surface area contributed by atoms with Crippen molar-refractivity contribution < 1.29 is 42.9 Å². The second-order valence-electron chi connectivity index (χ2n) is 20.9. The van der Waals surface area contributed by atoms with Crippen molar-refractivity contribution in [3.05, 3.63) is 109 Å². The molecule has 428 valence electrons. The third kappa shape index (κ3) is 57.5. The number of unbranched alkanes of at least 4 members (excludes halogenated alkanes) is 21. The number of carbonyl (C=O) groups is 3. The molecule has 0 aromatic carbocycles. The molecule has 9 nitrogen and oxygen atoms in total.